The van der Waals surface area contributed by atoms with Gasteiger partial charge in [-0.15, -0.1) is 0 Å². The highest BCUT2D eigenvalue weighted by Gasteiger charge is 2.16. The van der Waals surface area contributed by atoms with Gasteiger partial charge in [0.15, 0.2) is 0 Å². The van der Waals surface area contributed by atoms with Crippen LogP contribution in [-0.4, -0.2) is 26.4 Å². The largest absolute Gasteiger partial charge is 0.493 e. The van der Waals surface area contributed by atoms with Crippen molar-refractivity contribution in [3.8, 4) is 45.3 Å². The monoisotopic (exact) mass is 812 g/mol. The minimum absolute atomic E-state index is 0.700. The number of unbranched alkanes of at least 4 members (excludes halogenated alkanes) is 12. The van der Waals surface area contributed by atoms with E-state index in [4.69, 9.17) is 18.9 Å². The smallest absolute Gasteiger partial charge is 0.130 e. The summed E-state index contributed by atoms with van der Waals surface area (Å²) in [5, 5.41) is 0. The molecule has 60 heavy (non-hydrogen) atoms. The van der Waals surface area contributed by atoms with Crippen molar-refractivity contribution in [3.05, 3.63) is 115 Å². The van der Waals surface area contributed by atoms with Gasteiger partial charge in [0.2, 0.25) is 0 Å². The molecule has 0 amide bonds. The molecule has 0 saturated carbocycles. The van der Waals surface area contributed by atoms with E-state index in [1.807, 2.05) is 0 Å². The average Bonchev–Trinajstić information content (AvgIpc) is 3.27. The average molecular weight is 812 g/mol. The highest BCUT2D eigenvalue weighted by molar-refractivity contribution is 5.81. The van der Waals surface area contributed by atoms with Gasteiger partial charge in [0, 0.05) is 40.3 Å². The second-order valence-corrected chi connectivity index (χ2v) is 16.2. The first-order valence-electron chi connectivity index (χ1n) is 23.4. The lowest BCUT2D eigenvalue weighted by Crippen LogP contribution is -2.10. The summed E-state index contributed by atoms with van der Waals surface area (Å²) in [6.45, 7) is 14.0. The van der Waals surface area contributed by atoms with Crippen LogP contribution < -0.4 is 23.8 Å². The highest BCUT2D eigenvalue weighted by Crippen LogP contribution is 2.40. The van der Waals surface area contributed by atoms with Crippen molar-refractivity contribution in [1.29, 1.82) is 0 Å². The number of hydrogen-bond acceptors (Lipinski definition) is 5. The molecule has 0 heterocycles. The topological polar surface area (TPSA) is 40.2 Å². The van der Waals surface area contributed by atoms with E-state index >= 15 is 0 Å². The van der Waals surface area contributed by atoms with E-state index < -0.39 is 0 Å². The molecule has 5 aromatic rings. The van der Waals surface area contributed by atoms with E-state index in [0.717, 1.165) is 101 Å². The van der Waals surface area contributed by atoms with Crippen LogP contribution >= 0.6 is 0 Å². The van der Waals surface area contributed by atoms with Crippen molar-refractivity contribution in [2.75, 3.05) is 31.3 Å². The Kier molecular flexibility index (Phi) is 20.3. The molecule has 0 spiro atoms. The van der Waals surface area contributed by atoms with E-state index in [9.17, 15) is 0 Å². The van der Waals surface area contributed by atoms with E-state index in [1.165, 1.54) is 82.6 Å². The Labute approximate surface area is 363 Å². The van der Waals surface area contributed by atoms with E-state index in [2.05, 4.69) is 149 Å². The fourth-order valence-electron chi connectivity index (χ4n) is 7.48. The van der Waals surface area contributed by atoms with E-state index in [-0.39, 0.29) is 0 Å². The fourth-order valence-corrected chi connectivity index (χ4v) is 7.48. The Balaban J connectivity index is 1.40. The van der Waals surface area contributed by atoms with Crippen LogP contribution in [0.15, 0.2) is 109 Å². The molecule has 0 aliphatic rings. The molecule has 0 unspecified atom stereocenters. The molecule has 5 heteroatoms. The summed E-state index contributed by atoms with van der Waals surface area (Å²) >= 11 is 0. The van der Waals surface area contributed by atoms with Gasteiger partial charge in [0.1, 0.15) is 23.0 Å². The molecule has 5 rings (SSSR count). The van der Waals surface area contributed by atoms with Crippen LogP contribution in [-0.2, 0) is 0 Å². The quantitative estimate of drug-likeness (QED) is 0.0450. The van der Waals surface area contributed by atoms with Gasteiger partial charge in [-0.2, -0.15) is 0 Å². The molecule has 0 N–H and O–H groups in total. The lowest BCUT2D eigenvalue weighted by atomic mass is 10.0. The highest BCUT2D eigenvalue weighted by atomic mass is 16.5. The summed E-state index contributed by atoms with van der Waals surface area (Å²) in [7, 11) is 0. The van der Waals surface area contributed by atoms with Crippen molar-refractivity contribution >= 4 is 17.1 Å². The zero-order valence-corrected chi connectivity index (χ0v) is 37.6. The summed E-state index contributed by atoms with van der Waals surface area (Å²) in [4.78, 5) is 2.33. The van der Waals surface area contributed by atoms with Gasteiger partial charge in [-0.3, -0.25) is 0 Å². The second kappa shape index (κ2) is 26.3. The van der Waals surface area contributed by atoms with E-state index in [0.29, 0.717) is 13.2 Å². The van der Waals surface area contributed by atoms with Gasteiger partial charge in [0.25, 0.3) is 0 Å². The van der Waals surface area contributed by atoms with Gasteiger partial charge in [-0.05, 0) is 104 Å². The van der Waals surface area contributed by atoms with Gasteiger partial charge in [0.05, 0.1) is 26.4 Å². The van der Waals surface area contributed by atoms with Crippen LogP contribution in [0, 0.1) is 6.92 Å². The predicted octanol–water partition coefficient (Wildman–Crippen LogP) is 16.6. The maximum Gasteiger partial charge on any atom is 0.130 e. The lowest BCUT2D eigenvalue weighted by Gasteiger charge is -2.26. The maximum atomic E-state index is 6.47. The molecule has 0 fully saturated rings. The molecule has 5 aromatic carbocycles. The van der Waals surface area contributed by atoms with Gasteiger partial charge in [-0.25, -0.2) is 0 Å². The van der Waals surface area contributed by atoms with Crippen LogP contribution in [0.2, 0.25) is 0 Å². The summed E-state index contributed by atoms with van der Waals surface area (Å²) in [5.74, 6) is 3.51. The van der Waals surface area contributed by atoms with Crippen LogP contribution in [0.1, 0.15) is 136 Å². The normalized spacial score (nSPS) is 11.1. The van der Waals surface area contributed by atoms with Crippen molar-refractivity contribution in [2.45, 2.75) is 137 Å². The number of rotatable bonds is 29. The third kappa shape index (κ3) is 14.7. The molecule has 0 aliphatic heterocycles. The summed E-state index contributed by atoms with van der Waals surface area (Å²) in [5.41, 5.74) is 8.90. The Morgan fingerprint density at radius 1 is 0.350 bits per heavy atom. The molecule has 0 aromatic heterocycles. The summed E-state index contributed by atoms with van der Waals surface area (Å²) in [6, 6.07) is 39.2. The molecular weight excluding hydrogens is 739 g/mol. The molecule has 0 saturated heterocycles. The number of ether oxygens (including phenoxy) is 4. The first-order valence-corrected chi connectivity index (χ1v) is 23.4. The zero-order valence-electron chi connectivity index (χ0n) is 37.6. The molecule has 0 bridgehead atoms. The minimum atomic E-state index is 0.700. The number of anilines is 3. The molecule has 0 radical (unpaired) electrons. The molecular formula is C55H73NO4. The maximum absolute atomic E-state index is 6.47. The third-order valence-electron chi connectivity index (χ3n) is 11.1. The zero-order chi connectivity index (χ0) is 42.2. The first kappa shape index (κ1) is 46.2. The van der Waals surface area contributed by atoms with Crippen LogP contribution in [0.3, 0.4) is 0 Å². The molecule has 0 atom stereocenters. The van der Waals surface area contributed by atoms with E-state index in [1.54, 1.807) is 0 Å². The molecule has 322 valence electrons. The molecule has 5 nitrogen and oxygen atoms in total. The van der Waals surface area contributed by atoms with Gasteiger partial charge >= 0.3 is 0 Å². The summed E-state index contributed by atoms with van der Waals surface area (Å²) < 4.78 is 25.3. The van der Waals surface area contributed by atoms with Gasteiger partial charge < -0.3 is 23.8 Å². The lowest BCUT2D eigenvalue weighted by molar-refractivity contribution is 0.291. The number of aryl methyl sites for hydroxylation is 1. The van der Waals surface area contributed by atoms with Crippen LogP contribution in [0.25, 0.3) is 22.3 Å². The fraction of sp³-hybridized carbons (Fsp3) is 0.455. The number of nitrogens with zero attached hydrogens (tertiary/aromatic N) is 1. The Bertz CT molecular complexity index is 1800. The van der Waals surface area contributed by atoms with Crippen molar-refractivity contribution in [3.63, 3.8) is 0 Å². The number of hydrogen-bond donors (Lipinski definition) is 0. The van der Waals surface area contributed by atoms with Gasteiger partial charge in [-0.1, -0.05) is 147 Å². The summed E-state index contributed by atoms with van der Waals surface area (Å²) in [6.07, 6.45) is 18.8. The predicted molar refractivity (Wildman–Crippen MR) is 255 cm³/mol. The Hall–Kier alpha value is -4.90. The Morgan fingerprint density at radius 2 is 0.683 bits per heavy atom. The van der Waals surface area contributed by atoms with Crippen molar-refractivity contribution in [2.24, 2.45) is 0 Å². The first-order chi connectivity index (χ1) is 29.5. The minimum Gasteiger partial charge on any atom is -0.493 e. The SMILES string of the molecule is CCCCCCOc1ccc(-c2ccc(N(c3ccc(C)cc3)c3ccc(-c4ccc(OCCCCCC)cc4OCCCCCC)cc3)cc2)c(OCCCCCC)c1. The second-order valence-electron chi connectivity index (χ2n) is 16.2. The molecule has 0 aliphatic carbocycles. The number of benzene rings is 5. The van der Waals surface area contributed by atoms with Crippen molar-refractivity contribution in [1.82, 2.24) is 0 Å². The van der Waals surface area contributed by atoms with Crippen molar-refractivity contribution < 1.29 is 18.9 Å². The Morgan fingerprint density at radius 3 is 1.03 bits per heavy atom. The standard InChI is InChI=1S/C55H73NO4/c1-6-10-14-18-38-57-50-34-36-52(54(42-50)59-40-20-16-12-8-3)45-24-30-48(31-25-45)56(47-28-22-44(5)23-29-47)49-32-26-46(27-33-49)53-37-35-51(58-39-19-15-11-7-2)43-55(53)60-41-21-17-13-9-4/h22-37,42-43H,6-21,38-41H2,1-5H3. The van der Waals surface area contributed by atoms with Crippen LogP contribution in [0.4, 0.5) is 17.1 Å². The third-order valence-corrected chi connectivity index (χ3v) is 11.1. The van der Waals surface area contributed by atoms with Crippen LogP contribution in [0.5, 0.6) is 23.0 Å².